The molecule has 0 aromatic carbocycles. The van der Waals surface area contributed by atoms with Crippen LogP contribution in [0.25, 0.3) is 0 Å². The molecule has 4 nitrogen and oxygen atoms in total. The number of carbonyl (C=O) groups excluding carboxylic acids is 1. The number of furan rings is 1. The Morgan fingerprint density at radius 1 is 1.64 bits per heavy atom. The molecule has 1 aromatic heterocycles. The van der Waals surface area contributed by atoms with E-state index in [1.165, 1.54) is 13.4 Å². The fourth-order valence-electron chi connectivity index (χ4n) is 1.09. The molecule has 0 bridgehead atoms. The largest absolute Gasteiger partial charge is 0.467 e. The van der Waals surface area contributed by atoms with Gasteiger partial charge in [0.25, 0.3) is 0 Å². The van der Waals surface area contributed by atoms with E-state index in [4.69, 9.17) is 4.42 Å². The Bertz CT molecular complexity index is 293. The third-order valence-electron chi connectivity index (χ3n) is 1.80. The topological polar surface area (TPSA) is 51.5 Å². The van der Waals surface area contributed by atoms with Crippen LogP contribution in [0.2, 0.25) is 0 Å². The lowest BCUT2D eigenvalue weighted by atomic mass is 10.3. The zero-order valence-electron chi connectivity index (χ0n) is 8.50. The van der Waals surface area contributed by atoms with Crippen molar-refractivity contribution in [2.75, 3.05) is 13.7 Å². The summed E-state index contributed by atoms with van der Waals surface area (Å²) >= 11 is 0. The van der Waals surface area contributed by atoms with Gasteiger partial charge in [-0.05, 0) is 19.0 Å². The van der Waals surface area contributed by atoms with Gasteiger partial charge >= 0.3 is 5.97 Å². The lowest BCUT2D eigenvalue weighted by Gasteiger charge is -1.97. The van der Waals surface area contributed by atoms with Crippen molar-refractivity contribution >= 4 is 5.97 Å². The van der Waals surface area contributed by atoms with Crippen molar-refractivity contribution in [1.29, 1.82) is 0 Å². The minimum Gasteiger partial charge on any atom is -0.467 e. The quantitative estimate of drug-likeness (QED) is 0.575. The molecule has 0 aliphatic heterocycles. The van der Waals surface area contributed by atoms with Crippen molar-refractivity contribution in [2.45, 2.75) is 19.9 Å². The van der Waals surface area contributed by atoms with Crippen LogP contribution in [0.5, 0.6) is 0 Å². The molecule has 1 aromatic rings. The molecule has 14 heavy (non-hydrogen) atoms. The van der Waals surface area contributed by atoms with Crippen molar-refractivity contribution < 1.29 is 13.9 Å². The zero-order chi connectivity index (χ0) is 10.4. The molecule has 0 atom stereocenters. The van der Waals surface area contributed by atoms with Crippen molar-refractivity contribution in [3.05, 3.63) is 23.7 Å². The summed E-state index contributed by atoms with van der Waals surface area (Å²) in [5.41, 5.74) is 0.459. The van der Waals surface area contributed by atoms with E-state index in [0.29, 0.717) is 12.1 Å². The van der Waals surface area contributed by atoms with Gasteiger partial charge < -0.3 is 14.5 Å². The smallest absolute Gasteiger partial charge is 0.341 e. The Labute approximate surface area is 83.2 Å². The summed E-state index contributed by atoms with van der Waals surface area (Å²) in [6.07, 6.45) is 2.49. The first-order valence-corrected chi connectivity index (χ1v) is 4.64. The van der Waals surface area contributed by atoms with Gasteiger partial charge in [-0.25, -0.2) is 4.79 Å². The summed E-state index contributed by atoms with van der Waals surface area (Å²) in [5.74, 6) is 0.384. The van der Waals surface area contributed by atoms with Crippen LogP contribution in [-0.4, -0.2) is 19.6 Å². The Hall–Kier alpha value is -1.29. The van der Waals surface area contributed by atoms with E-state index in [1.54, 1.807) is 6.07 Å². The average molecular weight is 197 g/mol. The number of nitrogens with one attached hydrogen (secondary N) is 1. The van der Waals surface area contributed by atoms with E-state index < -0.39 is 0 Å². The Kier molecular flexibility index (Phi) is 4.19. The van der Waals surface area contributed by atoms with Crippen molar-refractivity contribution in [3.63, 3.8) is 0 Å². The number of methoxy groups -OCH3 is 1. The number of rotatable bonds is 5. The van der Waals surface area contributed by atoms with E-state index in [9.17, 15) is 4.79 Å². The highest BCUT2D eigenvalue weighted by Crippen LogP contribution is 2.08. The first-order chi connectivity index (χ1) is 6.77. The first kappa shape index (κ1) is 10.8. The summed E-state index contributed by atoms with van der Waals surface area (Å²) in [6.45, 7) is 3.67. The molecule has 0 radical (unpaired) electrons. The van der Waals surface area contributed by atoms with Gasteiger partial charge in [0, 0.05) is 0 Å². The molecule has 0 unspecified atom stereocenters. The zero-order valence-corrected chi connectivity index (χ0v) is 8.50. The van der Waals surface area contributed by atoms with Gasteiger partial charge in [-0.1, -0.05) is 6.92 Å². The first-order valence-electron chi connectivity index (χ1n) is 4.64. The van der Waals surface area contributed by atoms with Crippen LogP contribution in [0.1, 0.15) is 29.5 Å². The molecule has 0 aliphatic carbocycles. The highest BCUT2D eigenvalue weighted by molar-refractivity contribution is 5.88. The van der Waals surface area contributed by atoms with E-state index in [0.717, 1.165) is 18.7 Å². The lowest BCUT2D eigenvalue weighted by Crippen LogP contribution is -2.13. The minimum absolute atomic E-state index is 0.365. The third kappa shape index (κ3) is 2.88. The van der Waals surface area contributed by atoms with Gasteiger partial charge in [-0.2, -0.15) is 0 Å². The Morgan fingerprint density at radius 3 is 3.07 bits per heavy atom. The predicted molar refractivity (Wildman–Crippen MR) is 52.0 cm³/mol. The maximum Gasteiger partial charge on any atom is 0.341 e. The molecular formula is C10H15NO3. The van der Waals surface area contributed by atoms with Crippen molar-refractivity contribution in [3.8, 4) is 0 Å². The normalized spacial score (nSPS) is 10.1. The van der Waals surface area contributed by atoms with Crippen LogP contribution in [-0.2, 0) is 11.3 Å². The molecule has 0 spiro atoms. The van der Waals surface area contributed by atoms with Gasteiger partial charge in [0.1, 0.15) is 12.0 Å². The molecule has 4 heteroatoms. The van der Waals surface area contributed by atoms with E-state index in [2.05, 4.69) is 17.0 Å². The van der Waals surface area contributed by atoms with Gasteiger partial charge in [-0.3, -0.25) is 0 Å². The number of carbonyl (C=O) groups is 1. The van der Waals surface area contributed by atoms with E-state index in [-0.39, 0.29) is 5.97 Å². The number of esters is 1. The molecule has 0 aliphatic rings. The Balaban J connectivity index is 2.46. The van der Waals surface area contributed by atoms with Gasteiger partial charge in [-0.15, -0.1) is 0 Å². The molecular weight excluding hydrogens is 182 g/mol. The van der Waals surface area contributed by atoms with Crippen LogP contribution >= 0.6 is 0 Å². The van der Waals surface area contributed by atoms with Crippen molar-refractivity contribution in [2.24, 2.45) is 0 Å². The monoisotopic (exact) mass is 197 g/mol. The lowest BCUT2D eigenvalue weighted by molar-refractivity contribution is 0.0600. The van der Waals surface area contributed by atoms with Gasteiger partial charge in [0.2, 0.25) is 0 Å². The summed E-state index contributed by atoms with van der Waals surface area (Å²) in [6, 6.07) is 1.69. The number of ether oxygens (including phenoxy) is 1. The van der Waals surface area contributed by atoms with Crippen LogP contribution in [0.15, 0.2) is 16.7 Å². The highest BCUT2D eigenvalue weighted by Gasteiger charge is 2.09. The van der Waals surface area contributed by atoms with Gasteiger partial charge in [0.05, 0.1) is 19.2 Å². The molecule has 0 saturated carbocycles. The number of hydrogen-bond donors (Lipinski definition) is 1. The second-order valence-electron chi connectivity index (χ2n) is 2.97. The molecule has 0 fully saturated rings. The second-order valence-corrected chi connectivity index (χ2v) is 2.97. The van der Waals surface area contributed by atoms with Crippen LogP contribution in [0.4, 0.5) is 0 Å². The van der Waals surface area contributed by atoms with Gasteiger partial charge in [0.15, 0.2) is 0 Å². The predicted octanol–water partition coefficient (Wildman–Crippen LogP) is 1.57. The molecule has 78 valence electrons. The summed E-state index contributed by atoms with van der Waals surface area (Å²) in [4.78, 5) is 11.1. The maximum absolute atomic E-state index is 11.1. The van der Waals surface area contributed by atoms with Crippen molar-refractivity contribution in [1.82, 2.24) is 5.32 Å². The second kappa shape index (κ2) is 5.44. The summed E-state index contributed by atoms with van der Waals surface area (Å²) in [5, 5.41) is 3.18. The highest BCUT2D eigenvalue weighted by atomic mass is 16.5. The number of hydrogen-bond acceptors (Lipinski definition) is 4. The Morgan fingerprint density at radius 2 is 2.43 bits per heavy atom. The average Bonchev–Trinajstić information content (AvgIpc) is 2.66. The van der Waals surface area contributed by atoms with E-state index in [1.807, 2.05) is 0 Å². The summed E-state index contributed by atoms with van der Waals surface area (Å²) in [7, 11) is 1.35. The minimum atomic E-state index is -0.365. The molecule has 0 amide bonds. The van der Waals surface area contributed by atoms with Crippen LogP contribution < -0.4 is 5.32 Å². The SMILES string of the molecule is CCCNCc1cc(C(=O)OC)co1. The fraction of sp³-hybridized carbons (Fsp3) is 0.500. The van der Waals surface area contributed by atoms with Crippen LogP contribution in [0, 0.1) is 0 Å². The molecule has 0 saturated heterocycles. The molecule has 1 N–H and O–H groups in total. The third-order valence-corrected chi connectivity index (χ3v) is 1.80. The fourth-order valence-corrected chi connectivity index (χ4v) is 1.09. The summed E-state index contributed by atoms with van der Waals surface area (Å²) < 4.78 is 9.73. The standard InChI is InChI=1S/C10H15NO3/c1-3-4-11-6-9-5-8(7-14-9)10(12)13-2/h5,7,11H,3-4,6H2,1-2H3. The van der Waals surface area contributed by atoms with E-state index >= 15 is 0 Å². The molecule has 1 heterocycles. The maximum atomic E-state index is 11.1. The van der Waals surface area contributed by atoms with Crippen LogP contribution in [0.3, 0.4) is 0 Å². The molecule has 1 rings (SSSR count).